The van der Waals surface area contributed by atoms with Crippen molar-refractivity contribution in [2.24, 2.45) is 5.73 Å². The molecule has 0 radical (unpaired) electrons. The van der Waals surface area contributed by atoms with Crippen LogP contribution in [0.4, 0.5) is 15.8 Å². The van der Waals surface area contributed by atoms with Gasteiger partial charge in [-0.25, -0.2) is 4.39 Å². The van der Waals surface area contributed by atoms with Crippen LogP contribution in [0.5, 0.6) is 0 Å². The lowest BCUT2D eigenvalue weighted by Gasteiger charge is -2.21. The third-order valence-electron chi connectivity index (χ3n) is 2.67. The van der Waals surface area contributed by atoms with Crippen molar-refractivity contribution in [1.29, 1.82) is 0 Å². The largest absolute Gasteiger partial charge is 0.398 e. The Labute approximate surface area is 112 Å². The predicted octanol–water partition coefficient (Wildman–Crippen LogP) is 1.37. The van der Waals surface area contributed by atoms with E-state index in [1.165, 1.54) is 6.07 Å². The number of hydrogen-bond donors (Lipinski definition) is 2. The van der Waals surface area contributed by atoms with Crippen LogP contribution in [0.1, 0.15) is 24.2 Å². The third kappa shape index (κ3) is 4.10. The molecule has 1 rings (SSSR count). The summed E-state index contributed by atoms with van der Waals surface area (Å²) in [6, 6.07) is 2.47. The Hall–Kier alpha value is -1.82. The van der Waals surface area contributed by atoms with Gasteiger partial charge >= 0.3 is 0 Å². The number of amides is 1. The van der Waals surface area contributed by atoms with Gasteiger partial charge in [-0.2, -0.15) is 0 Å². The number of rotatable bonds is 6. The number of nitrogens with zero attached hydrogens (tertiary/aromatic N) is 1. The molecule has 0 heterocycles. The molecule has 0 saturated carbocycles. The van der Waals surface area contributed by atoms with E-state index in [-0.39, 0.29) is 23.0 Å². The summed E-state index contributed by atoms with van der Waals surface area (Å²) in [5, 5.41) is 0. The zero-order valence-corrected chi connectivity index (χ0v) is 11.4. The van der Waals surface area contributed by atoms with Crippen molar-refractivity contribution in [3.8, 4) is 0 Å². The molecule has 1 aromatic rings. The van der Waals surface area contributed by atoms with Crippen molar-refractivity contribution in [2.75, 3.05) is 30.8 Å². The number of carbonyl (C=O) groups is 1. The van der Waals surface area contributed by atoms with Crippen LogP contribution in [0.25, 0.3) is 0 Å². The van der Waals surface area contributed by atoms with Crippen LogP contribution in [-0.2, 0) is 4.74 Å². The molecule has 0 aliphatic heterocycles. The average molecular weight is 269 g/mol. The molecule has 6 heteroatoms. The molecule has 0 aromatic heterocycles. The molecule has 106 valence electrons. The van der Waals surface area contributed by atoms with Crippen LogP contribution in [0.2, 0.25) is 0 Å². The molecule has 1 aromatic carbocycles. The maximum absolute atomic E-state index is 13.8. The first-order valence-electron chi connectivity index (χ1n) is 6.04. The number of hydrogen-bond acceptors (Lipinski definition) is 4. The number of primary amides is 1. The molecular weight excluding hydrogens is 249 g/mol. The van der Waals surface area contributed by atoms with Gasteiger partial charge in [0.25, 0.3) is 5.91 Å². The van der Waals surface area contributed by atoms with Crippen molar-refractivity contribution in [3.63, 3.8) is 0 Å². The van der Waals surface area contributed by atoms with Gasteiger partial charge in [-0.1, -0.05) is 0 Å². The number of nitrogen functional groups attached to an aromatic ring is 1. The first kappa shape index (κ1) is 15.2. The minimum atomic E-state index is -0.675. The van der Waals surface area contributed by atoms with Crippen LogP contribution in [-0.4, -0.2) is 32.2 Å². The molecule has 1 amide bonds. The average Bonchev–Trinajstić information content (AvgIpc) is 2.27. The Bertz CT molecular complexity index is 463. The molecule has 0 aliphatic carbocycles. The van der Waals surface area contributed by atoms with E-state index in [2.05, 4.69) is 0 Å². The van der Waals surface area contributed by atoms with Gasteiger partial charge in [-0.3, -0.25) is 4.79 Å². The monoisotopic (exact) mass is 269 g/mol. The summed E-state index contributed by atoms with van der Waals surface area (Å²) in [4.78, 5) is 12.8. The van der Waals surface area contributed by atoms with Crippen molar-refractivity contribution >= 4 is 17.3 Å². The summed E-state index contributed by atoms with van der Waals surface area (Å²) in [5.74, 6) is -1.17. The first-order chi connectivity index (χ1) is 8.82. The summed E-state index contributed by atoms with van der Waals surface area (Å²) in [7, 11) is 1.71. The van der Waals surface area contributed by atoms with Crippen LogP contribution in [0.15, 0.2) is 12.1 Å². The van der Waals surface area contributed by atoms with Gasteiger partial charge in [0.05, 0.1) is 24.0 Å². The molecule has 0 atom stereocenters. The standard InChI is InChI=1S/C13H20FN3O2/c1-8(2)19-5-4-17(3)12-6-9(13(16)18)11(15)7-10(12)14/h6-8H,4-5,15H2,1-3H3,(H2,16,18). The van der Waals surface area contributed by atoms with Gasteiger partial charge in [0.1, 0.15) is 5.82 Å². The molecule has 0 bridgehead atoms. The Kier molecular flexibility index (Phi) is 5.11. The lowest BCUT2D eigenvalue weighted by Crippen LogP contribution is -2.25. The number of ether oxygens (including phenoxy) is 1. The molecular formula is C13H20FN3O2. The highest BCUT2D eigenvalue weighted by Crippen LogP contribution is 2.24. The quantitative estimate of drug-likeness (QED) is 0.764. The number of carbonyl (C=O) groups excluding carboxylic acids is 1. The number of nitrogens with two attached hydrogens (primary N) is 2. The predicted molar refractivity (Wildman–Crippen MR) is 73.7 cm³/mol. The van der Waals surface area contributed by atoms with E-state index in [0.717, 1.165) is 6.07 Å². The Morgan fingerprint density at radius 2 is 2.11 bits per heavy atom. The summed E-state index contributed by atoms with van der Waals surface area (Å²) in [6.07, 6.45) is 0.117. The minimum absolute atomic E-state index is 0.0422. The maximum atomic E-state index is 13.8. The van der Waals surface area contributed by atoms with E-state index in [4.69, 9.17) is 16.2 Å². The van der Waals surface area contributed by atoms with Crippen molar-refractivity contribution in [3.05, 3.63) is 23.5 Å². The number of anilines is 2. The fourth-order valence-electron chi connectivity index (χ4n) is 1.63. The highest BCUT2D eigenvalue weighted by atomic mass is 19.1. The zero-order chi connectivity index (χ0) is 14.6. The first-order valence-corrected chi connectivity index (χ1v) is 6.04. The SMILES string of the molecule is CC(C)OCCN(C)c1cc(C(N)=O)c(N)cc1F. The Balaban J connectivity index is 2.87. The van der Waals surface area contributed by atoms with Crippen molar-refractivity contribution in [2.45, 2.75) is 20.0 Å². The van der Waals surface area contributed by atoms with Crippen LogP contribution < -0.4 is 16.4 Å². The van der Waals surface area contributed by atoms with E-state index in [1.807, 2.05) is 13.8 Å². The van der Waals surface area contributed by atoms with Crippen LogP contribution in [0, 0.1) is 5.82 Å². The van der Waals surface area contributed by atoms with Gasteiger partial charge in [0, 0.05) is 19.3 Å². The number of likely N-dealkylation sites (N-methyl/N-ethyl adjacent to an activating group) is 1. The van der Waals surface area contributed by atoms with Gasteiger partial charge in [0.15, 0.2) is 0 Å². The zero-order valence-electron chi connectivity index (χ0n) is 11.4. The molecule has 0 spiro atoms. The van der Waals surface area contributed by atoms with Gasteiger partial charge in [-0.15, -0.1) is 0 Å². The fourth-order valence-corrected chi connectivity index (χ4v) is 1.63. The second kappa shape index (κ2) is 6.38. The van der Waals surface area contributed by atoms with Gasteiger partial charge in [0.2, 0.25) is 0 Å². The number of benzene rings is 1. The molecule has 4 N–H and O–H groups in total. The van der Waals surface area contributed by atoms with E-state index in [1.54, 1.807) is 11.9 Å². The summed E-state index contributed by atoms with van der Waals surface area (Å²) in [6.45, 7) is 4.81. The summed E-state index contributed by atoms with van der Waals surface area (Å²) < 4.78 is 19.2. The van der Waals surface area contributed by atoms with Crippen LogP contribution in [0.3, 0.4) is 0 Å². The van der Waals surface area contributed by atoms with Gasteiger partial charge < -0.3 is 21.1 Å². The highest BCUT2D eigenvalue weighted by Gasteiger charge is 2.14. The minimum Gasteiger partial charge on any atom is -0.398 e. The molecule has 0 fully saturated rings. The van der Waals surface area contributed by atoms with E-state index >= 15 is 0 Å². The Morgan fingerprint density at radius 1 is 1.47 bits per heavy atom. The van der Waals surface area contributed by atoms with Crippen molar-refractivity contribution in [1.82, 2.24) is 0 Å². The second-order valence-corrected chi connectivity index (χ2v) is 4.60. The lowest BCUT2D eigenvalue weighted by atomic mass is 10.1. The smallest absolute Gasteiger partial charge is 0.250 e. The Morgan fingerprint density at radius 3 is 2.63 bits per heavy atom. The fraction of sp³-hybridized carbons (Fsp3) is 0.462. The maximum Gasteiger partial charge on any atom is 0.250 e. The molecule has 19 heavy (non-hydrogen) atoms. The second-order valence-electron chi connectivity index (χ2n) is 4.60. The highest BCUT2D eigenvalue weighted by molar-refractivity contribution is 5.99. The summed E-state index contributed by atoms with van der Waals surface area (Å²) in [5.41, 5.74) is 11.2. The molecule has 0 aliphatic rings. The van der Waals surface area contributed by atoms with Gasteiger partial charge in [-0.05, 0) is 26.0 Å². The third-order valence-corrected chi connectivity index (χ3v) is 2.67. The normalized spacial score (nSPS) is 10.8. The molecule has 0 saturated heterocycles. The van der Waals surface area contributed by atoms with E-state index < -0.39 is 11.7 Å². The number of halogens is 1. The van der Waals surface area contributed by atoms with E-state index in [0.29, 0.717) is 13.2 Å². The topological polar surface area (TPSA) is 81.6 Å². The van der Waals surface area contributed by atoms with E-state index in [9.17, 15) is 9.18 Å². The van der Waals surface area contributed by atoms with Crippen LogP contribution >= 0.6 is 0 Å². The van der Waals surface area contributed by atoms with Crippen molar-refractivity contribution < 1.29 is 13.9 Å². The molecule has 5 nitrogen and oxygen atoms in total. The summed E-state index contributed by atoms with van der Waals surface area (Å²) >= 11 is 0. The lowest BCUT2D eigenvalue weighted by molar-refractivity contribution is 0.0845. The molecule has 0 unspecified atom stereocenters.